The Morgan fingerprint density at radius 2 is 1.85 bits per heavy atom. The highest BCUT2D eigenvalue weighted by molar-refractivity contribution is 7.94. The second kappa shape index (κ2) is 10.4. The van der Waals surface area contributed by atoms with Crippen LogP contribution in [0.4, 0.5) is 10.1 Å². The smallest absolute Gasteiger partial charge is 0.332 e. The van der Waals surface area contributed by atoms with Gasteiger partial charge in [-0.15, -0.1) is 0 Å². The maximum atomic E-state index is 13.8. The number of hydrogen-bond acceptors (Lipinski definition) is 6. The van der Waals surface area contributed by atoms with Gasteiger partial charge in [-0.05, 0) is 37.5 Å². The first-order chi connectivity index (χ1) is 16.0. The topological polar surface area (TPSA) is 118 Å². The van der Waals surface area contributed by atoms with Gasteiger partial charge in [-0.1, -0.05) is 48.0 Å². The summed E-state index contributed by atoms with van der Waals surface area (Å²) in [5.41, 5.74) is -0.596. The van der Waals surface area contributed by atoms with Crippen molar-refractivity contribution in [2.45, 2.75) is 37.5 Å². The molecule has 2 atom stereocenters. The molecule has 34 heavy (non-hydrogen) atoms. The number of carboxylic acids is 1. The molecule has 1 amide bonds. The molecule has 0 heterocycles. The maximum absolute atomic E-state index is 13.8. The van der Waals surface area contributed by atoms with E-state index in [0.717, 1.165) is 25.1 Å². The second-order valence-electron chi connectivity index (χ2n) is 7.53. The molecule has 0 fully saturated rings. The van der Waals surface area contributed by atoms with Crippen molar-refractivity contribution < 1.29 is 37.0 Å². The molecule has 1 N–H and O–H groups in total. The number of carboxylic acid groups (broad SMARTS) is 1. The van der Waals surface area contributed by atoms with E-state index in [2.05, 4.69) is 0 Å². The van der Waals surface area contributed by atoms with Crippen molar-refractivity contribution in [2.75, 3.05) is 4.31 Å². The molecular weight excluding hydrogens is 489 g/mol. The van der Waals surface area contributed by atoms with Crippen molar-refractivity contribution in [3.63, 3.8) is 0 Å². The number of allylic oxidation sites excluding steroid dienone is 1. The number of carbonyl (C=O) groups excluding carboxylic acids is 2. The predicted molar refractivity (Wildman–Crippen MR) is 122 cm³/mol. The monoisotopic (exact) mass is 509 g/mol. The summed E-state index contributed by atoms with van der Waals surface area (Å²) < 4.78 is 46.9. The van der Waals surface area contributed by atoms with Crippen molar-refractivity contribution in [1.82, 2.24) is 0 Å². The van der Waals surface area contributed by atoms with E-state index in [1.807, 2.05) is 0 Å². The minimum absolute atomic E-state index is 0.0629. The zero-order chi connectivity index (χ0) is 25.0. The van der Waals surface area contributed by atoms with Crippen molar-refractivity contribution in [2.24, 2.45) is 0 Å². The molecule has 0 spiro atoms. The summed E-state index contributed by atoms with van der Waals surface area (Å²) in [7, 11) is -4.76. The van der Waals surface area contributed by atoms with Gasteiger partial charge in [0.1, 0.15) is 11.1 Å². The number of anilines is 1. The fourth-order valence-electron chi connectivity index (χ4n) is 3.70. The van der Waals surface area contributed by atoms with Crippen molar-refractivity contribution >= 4 is 45.2 Å². The van der Waals surface area contributed by atoms with Gasteiger partial charge < -0.3 is 9.84 Å². The molecule has 8 nitrogen and oxygen atoms in total. The van der Waals surface area contributed by atoms with E-state index in [-0.39, 0.29) is 17.6 Å². The average molecular weight is 510 g/mol. The molecule has 0 saturated carbocycles. The average Bonchev–Trinajstić information content (AvgIpc) is 2.79. The number of hydrogen-bond donors (Lipinski definition) is 1. The van der Waals surface area contributed by atoms with Crippen LogP contribution in [-0.4, -0.2) is 36.6 Å². The Hall–Kier alpha value is -3.24. The van der Waals surface area contributed by atoms with Crippen LogP contribution in [0.3, 0.4) is 0 Å². The molecule has 0 bridgehead atoms. The van der Waals surface area contributed by atoms with Crippen LogP contribution in [0.5, 0.6) is 0 Å². The van der Waals surface area contributed by atoms with Gasteiger partial charge in [-0.3, -0.25) is 9.59 Å². The lowest BCUT2D eigenvalue weighted by Crippen LogP contribution is -2.47. The van der Waals surface area contributed by atoms with E-state index < -0.39 is 55.8 Å². The number of sulfonamides is 1. The zero-order valence-corrected chi connectivity index (χ0v) is 19.6. The number of nitrogens with zero attached hydrogens (tertiary/aromatic N) is 1. The summed E-state index contributed by atoms with van der Waals surface area (Å²) in [4.78, 5) is 37.3. The van der Waals surface area contributed by atoms with Crippen LogP contribution < -0.4 is 4.31 Å². The van der Waals surface area contributed by atoms with Crippen LogP contribution in [0, 0.1) is 5.82 Å². The molecule has 180 valence electrons. The summed E-state index contributed by atoms with van der Waals surface area (Å²) in [5.74, 6) is -4.27. The summed E-state index contributed by atoms with van der Waals surface area (Å²) in [6.45, 7) is 1.05. The Bertz CT molecular complexity index is 1250. The highest BCUT2D eigenvalue weighted by Crippen LogP contribution is 2.37. The number of aliphatic carboxylic acids is 1. The number of carbonyl (C=O) groups is 3. The standard InChI is InChI=1S/C23H21ClFNO7S/c1-14(27)33-21(15-7-3-2-4-8-15)22(28)26(19-12-11-16(25)13-18(19)24)34(31,32)20-10-6-5-9-17(20)23(29)30/h2-4,7-9,11-13,20-21H,5-6,10H2,1H3,(H,29,30)/t20-,21+/m1/s1. The van der Waals surface area contributed by atoms with Gasteiger partial charge >= 0.3 is 11.9 Å². The summed E-state index contributed by atoms with van der Waals surface area (Å²) >= 11 is 6.13. The molecule has 2 aromatic carbocycles. The van der Waals surface area contributed by atoms with E-state index in [4.69, 9.17) is 16.3 Å². The van der Waals surface area contributed by atoms with Crippen LogP contribution in [0.1, 0.15) is 37.9 Å². The quantitative estimate of drug-likeness (QED) is 0.560. The molecule has 0 aromatic heterocycles. The maximum Gasteiger partial charge on any atom is 0.332 e. The van der Waals surface area contributed by atoms with Gasteiger partial charge in [-0.2, -0.15) is 0 Å². The lowest BCUT2D eigenvalue weighted by molar-refractivity contribution is -0.153. The van der Waals surface area contributed by atoms with Gasteiger partial charge in [0, 0.05) is 12.5 Å². The fourth-order valence-corrected chi connectivity index (χ4v) is 6.02. The molecule has 1 aliphatic carbocycles. The lowest BCUT2D eigenvalue weighted by atomic mass is 9.99. The molecule has 3 rings (SSSR count). The first-order valence-electron chi connectivity index (χ1n) is 10.2. The third-order valence-corrected chi connectivity index (χ3v) is 7.58. The highest BCUT2D eigenvalue weighted by Gasteiger charge is 2.45. The number of benzene rings is 2. The molecule has 0 unspecified atom stereocenters. The fraction of sp³-hybridized carbons (Fsp3) is 0.261. The third-order valence-electron chi connectivity index (χ3n) is 5.18. The first-order valence-corrected chi connectivity index (χ1v) is 12.1. The number of amides is 1. The second-order valence-corrected chi connectivity index (χ2v) is 9.90. The number of esters is 1. The van der Waals surface area contributed by atoms with E-state index in [1.165, 1.54) is 18.2 Å². The highest BCUT2D eigenvalue weighted by atomic mass is 35.5. The van der Waals surface area contributed by atoms with Crippen LogP contribution in [0.2, 0.25) is 5.02 Å². The van der Waals surface area contributed by atoms with E-state index in [0.29, 0.717) is 17.1 Å². The van der Waals surface area contributed by atoms with Crippen molar-refractivity contribution in [3.8, 4) is 0 Å². The van der Waals surface area contributed by atoms with Crippen LogP contribution in [0.25, 0.3) is 0 Å². The van der Waals surface area contributed by atoms with Gasteiger partial charge in [-0.25, -0.2) is 21.9 Å². The Kier molecular flexibility index (Phi) is 7.73. The van der Waals surface area contributed by atoms with E-state index in [9.17, 15) is 32.3 Å². The summed E-state index contributed by atoms with van der Waals surface area (Å²) in [6, 6.07) is 10.4. The Morgan fingerprint density at radius 1 is 1.18 bits per heavy atom. The number of ether oxygens (including phenoxy) is 1. The summed E-state index contributed by atoms with van der Waals surface area (Å²) in [6.07, 6.45) is 0.275. The van der Waals surface area contributed by atoms with Crippen molar-refractivity contribution in [1.29, 1.82) is 0 Å². The van der Waals surface area contributed by atoms with Gasteiger partial charge in [0.15, 0.2) is 0 Å². The Balaban J connectivity index is 2.22. The Labute approximate surface area is 200 Å². The largest absolute Gasteiger partial charge is 0.478 e. The zero-order valence-electron chi connectivity index (χ0n) is 18.0. The van der Waals surface area contributed by atoms with E-state index >= 15 is 0 Å². The molecule has 1 aliphatic rings. The van der Waals surface area contributed by atoms with Gasteiger partial charge in [0.2, 0.25) is 16.1 Å². The minimum atomic E-state index is -4.76. The molecule has 0 radical (unpaired) electrons. The number of halogens is 2. The minimum Gasteiger partial charge on any atom is -0.478 e. The molecule has 0 aliphatic heterocycles. The van der Waals surface area contributed by atoms with Crippen LogP contribution in [0.15, 0.2) is 60.2 Å². The SMILES string of the molecule is CC(=O)O[C@H](C(=O)N(c1ccc(F)cc1Cl)S(=O)(=O)[C@@H]1CCCC=C1C(=O)O)c1ccccc1. The third kappa shape index (κ3) is 5.28. The molecule has 0 saturated heterocycles. The van der Waals surface area contributed by atoms with Gasteiger partial charge in [0.25, 0.3) is 5.91 Å². The number of rotatable bonds is 7. The van der Waals surface area contributed by atoms with Crippen LogP contribution in [-0.2, 0) is 29.1 Å². The lowest BCUT2D eigenvalue weighted by Gasteiger charge is -2.32. The summed E-state index contributed by atoms with van der Waals surface area (Å²) in [5, 5.41) is 7.61. The molecule has 11 heteroatoms. The normalized spacial score (nSPS) is 16.8. The Morgan fingerprint density at radius 3 is 2.44 bits per heavy atom. The van der Waals surface area contributed by atoms with Crippen LogP contribution >= 0.6 is 11.6 Å². The first kappa shape index (κ1) is 25.4. The van der Waals surface area contributed by atoms with E-state index in [1.54, 1.807) is 18.2 Å². The molecular formula is C23H21ClFNO7S. The van der Waals surface area contributed by atoms with Crippen molar-refractivity contribution in [3.05, 3.63) is 76.6 Å². The van der Waals surface area contributed by atoms with Gasteiger partial charge in [0.05, 0.1) is 16.3 Å². The molecule has 2 aromatic rings. The predicted octanol–water partition coefficient (Wildman–Crippen LogP) is 4.01.